The van der Waals surface area contributed by atoms with Crippen LogP contribution in [0.3, 0.4) is 0 Å². The number of ketones is 2. The zero-order valence-corrected chi connectivity index (χ0v) is 15.9. The van der Waals surface area contributed by atoms with Gasteiger partial charge in [0.15, 0.2) is 17.4 Å². The van der Waals surface area contributed by atoms with Crippen molar-refractivity contribution in [3.63, 3.8) is 0 Å². The third-order valence-corrected chi connectivity index (χ3v) is 4.78. The number of nitrogens with zero attached hydrogens (tertiary/aromatic N) is 3. The SMILES string of the molecule is C#CC(=O)c1ncccc1C(=O)CNc1c(F)cc(N2CCN(C)CC2)cc1F. The monoisotopic (exact) mass is 398 g/mol. The summed E-state index contributed by atoms with van der Waals surface area (Å²) >= 11 is 0. The van der Waals surface area contributed by atoms with Crippen LogP contribution in [0.2, 0.25) is 0 Å². The molecule has 150 valence electrons. The van der Waals surface area contributed by atoms with E-state index in [1.807, 2.05) is 17.9 Å². The quantitative estimate of drug-likeness (QED) is 0.457. The number of Topliss-reactive ketones (excluding diaryl/α,β-unsaturated/α-hetero) is 2. The summed E-state index contributed by atoms with van der Waals surface area (Å²) in [6.45, 7) is 2.54. The Hall–Kier alpha value is -3.31. The van der Waals surface area contributed by atoms with Crippen LogP contribution in [-0.4, -0.2) is 61.2 Å². The zero-order valence-electron chi connectivity index (χ0n) is 15.9. The van der Waals surface area contributed by atoms with Crippen LogP contribution in [0.25, 0.3) is 0 Å². The normalized spacial score (nSPS) is 14.3. The average Bonchev–Trinajstić information content (AvgIpc) is 2.72. The average molecular weight is 398 g/mol. The van der Waals surface area contributed by atoms with E-state index in [9.17, 15) is 18.4 Å². The fourth-order valence-electron chi connectivity index (χ4n) is 3.12. The molecule has 1 aromatic heterocycles. The van der Waals surface area contributed by atoms with Crippen LogP contribution in [0, 0.1) is 24.0 Å². The third-order valence-electron chi connectivity index (χ3n) is 4.78. The van der Waals surface area contributed by atoms with Gasteiger partial charge in [0.2, 0.25) is 0 Å². The number of carbonyl (C=O) groups is 2. The Bertz CT molecular complexity index is 956. The van der Waals surface area contributed by atoms with Crippen LogP contribution < -0.4 is 10.2 Å². The molecule has 0 aliphatic carbocycles. The fourth-order valence-corrected chi connectivity index (χ4v) is 3.12. The number of hydrogen-bond acceptors (Lipinski definition) is 6. The summed E-state index contributed by atoms with van der Waals surface area (Å²) in [5, 5.41) is 2.48. The fraction of sp³-hybridized carbons (Fsp3) is 0.286. The number of piperazine rings is 1. The maximum Gasteiger partial charge on any atom is 0.254 e. The first kappa shape index (κ1) is 20.4. The van der Waals surface area contributed by atoms with Crippen LogP contribution in [0.1, 0.15) is 20.8 Å². The standard InChI is InChI=1S/C21H20F2N4O2/c1-3-18(28)20-15(5-4-6-24-20)19(29)13-25-21-16(22)11-14(12-17(21)23)27-9-7-26(2)8-10-27/h1,4-6,11-12,25H,7-10,13H2,2H3. The second kappa shape index (κ2) is 8.80. The summed E-state index contributed by atoms with van der Waals surface area (Å²) in [6, 6.07) is 5.37. The maximum atomic E-state index is 14.5. The van der Waals surface area contributed by atoms with Crippen molar-refractivity contribution in [1.82, 2.24) is 9.88 Å². The molecule has 1 N–H and O–H groups in total. The first-order valence-electron chi connectivity index (χ1n) is 9.06. The largest absolute Gasteiger partial charge is 0.373 e. The number of halogens is 2. The van der Waals surface area contributed by atoms with Gasteiger partial charge in [0.1, 0.15) is 11.4 Å². The first-order chi connectivity index (χ1) is 13.9. The molecule has 1 aromatic carbocycles. The molecule has 2 aromatic rings. The molecule has 6 nitrogen and oxygen atoms in total. The van der Waals surface area contributed by atoms with Gasteiger partial charge in [0.05, 0.1) is 6.54 Å². The zero-order chi connectivity index (χ0) is 21.0. The molecule has 1 fully saturated rings. The van der Waals surface area contributed by atoms with Crippen molar-refractivity contribution in [3.8, 4) is 12.3 Å². The number of aromatic nitrogens is 1. The van der Waals surface area contributed by atoms with Gasteiger partial charge < -0.3 is 15.1 Å². The van der Waals surface area contributed by atoms with E-state index in [-0.39, 0.29) is 11.3 Å². The van der Waals surface area contributed by atoms with Crippen LogP contribution in [0.5, 0.6) is 0 Å². The minimum absolute atomic E-state index is 0.00202. The van der Waals surface area contributed by atoms with Crippen molar-refractivity contribution in [2.75, 3.05) is 50.0 Å². The van der Waals surface area contributed by atoms with E-state index >= 15 is 0 Å². The van der Waals surface area contributed by atoms with Crippen molar-refractivity contribution < 1.29 is 18.4 Å². The Kier molecular flexibility index (Phi) is 6.20. The summed E-state index contributed by atoms with van der Waals surface area (Å²) < 4.78 is 29.0. The van der Waals surface area contributed by atoms with Gasteiger partial charge in [-0.25, -0.2) is 8.78 Å². The summed E-state index contributed by atoms with van der Waals surface area (Å²) in [7, 11) is 1.99. The lowest BCUT2D eigenvalue weighted by molar-refractivity contribution is 0.0988. The van der Waals surface area contributed by atoms with Crippen LogP contribution in [0.15, 0.2) is 30.5 Å². The van der Waals surface area contributed by atoms with Gasteiger partial charge in [0, 0.05) is 43.6 Å². The Morgan fingerprint density at radius 1 is 1.21 bits per heavy atom. The highest BCUT2D eigenvalue weighted by Crippen LogP contribution is 2.26. The van der Waals surface area contributed by atoms with E-state index in [0.29, 0.717) is 18.8 Å². The van der Waals surface area contributed by atoms with E-state index in [0.717, 1.165) is 13.1 Å². The van der Waals surface area contributed by atoms with Gasteiger partial charge in [-0.05, 0) is 37.2 Å². The number of hydrogen-bond donors (Lipinski definition) is 1. The molecule has 1 aliphatic rings. The van der Waals surface area contributed by atoms with Gasteiger partial charge in [-0.3, -0.25) is 14.6 Å². The van der Waals surface area contributed by atoms with Gasteiger partial charge in [-0.15, -0.1) is 6.42 Å². The Morgan fingerprint density at radius 2 is 1.86 bits per heavy atom. The minimum Gasteiger partial charge on any atom is -0.373 e. The van der Waals surface area contributed by atoms with E-state index in [2.05, 4.69) is 15.2 Å². The predicted octanol–water partition coefficient (Wildman–Crippen LogP) is 2.22. The third kappa shape index (κ3) is 4.58. The molecular formula is C21H20F2N4O2. The first-order valence-corrected chi connectivity index (χ1v) is 9.06. The van der Waals surface area contributed by atoms with Crippen LogP contribution in [-0.2, 0) is 0 Å². The number of likely N-dealkylation sites (N-methyl/N-ethyl adjacent to an activating group) is 1. The number of benzene rings is 1. The highest BCUT2D eigenvalue weighted by atomic mass is 19.1. The Morgan fingerprint density at radius 3 is 2.48 bits per heavy atom. The van der Waals surface area contributed by atoms with Crippen molar-refractivity contribution in [1.29, 1.82) is 0 Å². The summed E-state index contributed by atoms with van der Waals surface area (Å²) in [5.74, 6) is -0.971. The summed E-state index contributed by atoms with van der Waals surface area (Å²) in [4.78, 5) is 32.1. The summed E-state index contributed by atoms with van der Waals surface area (Å²) in [6.07, 6.45) is 6.43. The van der Waals surface area contributed by atoms with E-state index < -0.39 is 35.4 Å². The Balaban J connectivity index is 1.74. The van der Waals surface area contributed by atoms with Crippen LogP contribution in [0.4, 0.5) is 20.2 Å². The molecule has 8 heteroatoms. The van der Waals surface area contributed by atoms with Crippen molar-refractivity contribution in [2.45, 2.75) is 0 Å². The summed E-state index contributed by atoms with van der Waals surface area (Å²) in [5.41, 5.74) is -0.102. The van der Waals surface area contributed by atoms with Gasteiger partial charge >= 0.3 is 0 Å². The van der Waals surface area contributed by atoms with Gasteiger partial charge in [-0.2, -0.15) is 0 Å². The Labute approximate surface area is 167 Å². The van der Waals surface area contributed by atoms with E-state index in [4.69, 9.17) is 6.42 Å². The molecule has 0 bridgehead atoms. The molecule has 0 radical (unpaired) electrons. The molecule has 0 amide bonds. The van der Waals surface area contributed by atoms with Gasteiger partial charge in [0.25, 0.3) is 5.78 Å². The molecular weight excluding hydrogens is 378 g/mol. The predicted molar refractivity (Wildman–Crippen MR) is 106 cm³/mol. The second-order valence-corrected chi connectivity index (χ2v) is 6.72. The molecule has 2 heterocycles. The molecule has 0 spiro atoms. The lowest BCUT2D eigenvalue weighted by Gasteiger charge is -2.34. The number of nitrogens with one attached hydrogen (secondary N) is 1. The molecule has 0 saturated carbocycles. The number of terminal acetylenes is 1. The number of anilines is 2. The van der Waals surface area contributed by atoms with Crippen molar-refractivity contribution in [2.24, 2.45) is 0 Å². The van der Waals surface area contributed by atoms with E-state index in [1.165, 1.54) is 30.5 Å². The molecule has 0 unspecified atom stereocenters. The highest BCUT2D eigenvalue weighted by molar-refractivity contribution is 6.14. The number of pyridine rings is 1. The second-order valence-electron chi connectivity index (χ2n) is 6.72. The van der Waals surface area contributed by atoms with Crippen LogP contribution >= 0.6 is 0 Å². The number of carbonyl (C=O) groups excluding carboxylic acids is 2. The molecule has 3 rings (SSSR count). The van der Waals surface area contributed by atoms with E-state index in [1.54, 1.807) is 0 Å². The molecule has 1 aliphatic heterocycles. The lowest BCUT2D eigenvalue weighted by atomic mass is 10.1. The number of rotatable bonds is 6. The maximum absolute atomic E-state index is 14.5. The highest BCUT2D eigenvalue weighted by Gasteiger charge is 2.20. The molecule has 0 atom stereocenters. The van der Waals surface area contributed by atoms with Crippen molar-refractivity contribution >= 4 is 22.9 Å². The minimum atomic E-state index is -0.794. The molecule has 1 saturated heterocycles. The lowest BCUT2D eigenvalue weighted by Crippen LogP contribution is -2.44. The van der Waals surface area contributed by atoms with Gasteiger partial charge in [-0.1, -0.05) is 0 Å². The topological polar surface area (TPSA) is 65.5 Å². The van der Waals surface area contributed by atoms with Crippen molar-refractivity contribution in [3.05, 3.63) is 53.4 Å². The smallest absolute Gasteiger partial charge is 0.254 e. The molecule has 29 heavy (non-hydrogen) atoms.